The molecule has 2 aliphatic heterocycles. The molecule has 11 atom stereocenters. The maximum absolute atomic E-state index is 12.9. The first-order chi connectivity index (χ1) is 15.6. The molecule has 2 heterocycles. The Bertz CT molecular complexity index is 663. The molecule has 0 radical (unpaired) electrons. The van der Waals surface area contributed by atoms with Crippen LogP contribution < -0.4 is 5.32 Å². The minimum atomic E-state index is -1.33. The van der Waals surface area contributed by atoms with Gasteiger partial charge in [0.15, 0.2) is 6.29 Å². The highest BCUT2D eigenvalue weighted by molar-refractivity contribution is 5.79. The number of nitrogens with one attached hydrogen (secondary N) is 1. The van der Waals surface area contributed by atoms with Gasteiger partial charge in [-0.1, -0.05) is 20.8 Å². The van der Waals surface area contributed by atoms with Gasteiger partial charge in [-0.25, -0.2) is 0 Å². The fourth-order valence-corrected chi connectivity index (χ4v) is 5.81. The molecule has 200 valence electrons. The fraction of sp³-hybridized carbons (Fsp3) is 0.960. The maximum atomic E-state index is 12.9. The van der Waals surface area contributed by atoms with E-state index in [2.05, 4.69) is 17.1 Å². The smallest absolute Gasteiger partial charge is 0.225 e. The van der Waals surface area contributed by atoms with Crippen molar-refractivity contribution in [3.63, 3.8) is 0 Å². The molecule has 0 aromatic heterocycles. The zero-order chi connectivity index (χ0) is 26.0. The van der Waals surface area contributed by atoms with Crippen molar-refractivity contribution in [2.45, 2.75) is 103 Å². The number of carbonyl (C=O) groups is 1. The van der Waals surface area contributed by atoms with E-state index in [1.807, 2.05) is 39.9 Å². The van der Waals surface area contributed by atoms with Crippen LogP contribution in [0.2, 0.25) is 0 Å². The third kappa shape index (κ3) is 7.35. The lowest BCUT2D eigenvalue weighted by Crippen LogP contribution is -2.59. The molecular formula is C25H49N3O6. The van der Waals surface area contributed by atoms with E-state index in [4.69, 9.17) is 9.47 Å². The standard InChI is InChI=1S/C25H49N3O6/c1-14-11-25(6,32)22(34-24-21(30)19(27(7)8)10-16(3)33-24)17(4)20(29)18(5)23(31)26-15(2)13-28(9)12-14/h14-22,24,29-30,32H,10-13H2,1-9H3,(H,26,31)/t14-,15?,16-,17+,18-,19+,20+,21-,22-,24+,25-/m1/s1. The van der Waals surface area contributed by atoms with E-state index in [9.17, 15) is 20.1 Å². The summed E-state index contributed by atoms with van der Waals surface area (Å²) in [5, 5.41) is 36.9. The largest absolute Gasteiger partial charge is 0.392 e. The molecule has 9 heteroatoms. The third-order valence-electron chi connectivity index (χ3n) is 7.47. The van der Waals surface area contributed by atoms with Crippen LogP contribution in [0.5, 0.6) is 0 Å². The number of likely N-dealkylation sites (N-methyl/N-ethyl adjacent to an activating group) is 2. The number of hydrogen-bond acceptors (Lipinski definition) is 8. The summed E-state index contributed by atoms with van der Waals surface area (Å²) < 4.78 is 12.3. The number of hydrogen-bond donors (Lipinski definition) is 4. The summed E-state index contributed by atoms with van der Waals surface area (Å²) in [6.45, 7) is 12.6. The molecule has 2 fully saturated rings. The quantitative estimate of drug-likeness (QED) is 0.459. The minimum absolute atomic E-state index is 0.0711. The van der Waals surface area contributed by atoms with Crippen LogP contribution in [0.3, 0.4) is 0 Å². The second kappa shape index (κ2) is 12.0. The molecule has 0 bridgehead atoms. The maximum Gasteiger partial charge on any atom is 0.225 e. The highest BCUT2D eigenvalue weighted by Gasteiger charge is 2.47. The van der Waals surface area contributed by atoms with Crippen LogP contribution in [0.4, 0.5) is 0 Å². The molecule has 0 aromatic rings. The Labute approximate surface area is 205 Å². The molecule has 4 N–H and O–H groups in total. The van der Waals surface area contributed by atoms with Crippen molar-refractivity contribution in [1.82, 2.24) is 15.1 Å². The molecule has 9 nitrogen and oxygen atoms in total. The molecule has 2 rings (SSSR count). The van der Waals surface area contributed by atoms with E-state index in [0.29, 0.717) is 19.4 Å². The second-order valence-electron chi connectivity index (χ2n) is 11.6. The van der Waals surface area contributed by atoms with Gasteiger partial charge in [-0.05, 0) is 60.7 Å². The summed E-state index contributed by atoms with van der Waals surface area (Å²) in [4.78, 5) is 17.0. The van der Waals surface area contributed by atoms with E-state index >= 15 is 0 Å². The van der Waals surface area contributed by atoms with E-state index in [1.165, 1.54) is 0 Å². The third-order valence-corrected chi connectivity index (χ3v) is 7.47. The number of ether oxygens (including phenoxy) is 2. The number of carbonyl (C=O) groups excluding carboxylic acids is 1. The first-order valence-corrected chi connectivity index (χ1v) is 12.7. The zero-order valence-corrected chi connectivity index (χ0v) is 22.6. The molecule has 0 saturated carbocycles. The lowest BCUT2D eigenvalue weighted by atomic mass is 9.78. The Morgan fingerprint density at radius 2 is 1.74 bits per heavy atom. The van der Waals surface area contributed by atoms with Crippen LogP contribution in [-0.2, 0) is 14.3 Å². The van der Waals surface area contributed by atoms with Crippen LogP contribution in [-0.4, -0.2) is 114 Å². The van der Waals surface area contributed by atoms with Crippen LogP contribution in [0.25, 0.3) is 0 Å². The van der Waals surface area contributed by atoms with Crippen LogP contribution in [0.15, 0.2) is 0 Å². The molecule has 1 unspecified atom stereocenters. The highest BCUT2D eigenvalue weighted by Crippen LogP contribution is 2.35. The average Bonchev–Trinajstić information content (AvgIpc) is 2.70. The predicted molar refractivity (Wildman–Crippen MR) is 131 cm³/mol. The molecular weight excluding hydrogens is 438 g/mol. The first kappa shape index (κ1) is 29.4. The van der Waals surface area contributed by atoms with Crippen molar-refractivity contribution >= 4 is 5.91 Å². The molecule has 0 spiro atoms. The minimum Gasteiger partial charge on any atom is -0.392 e. The SMILES string of the molecule is CC1CN(C)C[C@H](C)C[C@@](C)(O)[C@H](O[C@@H]2O[C@H](C)C[C@H](N(C)C)[C@H]2O)[C@@H](C)[C@H](O)[C@@H](C)C(=O)N1. The van der Waals surface area contributed by atoms with Crippen molar-refractivity contribution in [2.75, 3.05) is 34.2 Å². The van der Waals surface area contributed by atoms with Gasteiger partial charge in [0.2, 0.25) is 5.91 Å². The molecule has 0 aliphatic carbocycles. The Kier molecular flexibility index (Phi) is 10.3. The van der Waals surface area contributed by atoms with Crippen molar-refractivity contribution in [1.29, 1.82) is 0 Å². The van der Waals surface area contributed by atoms with Crippen molar-refractivity contribution < 1.29 is 29.6 Å². The average molecular weight is 488 g/mol. The number of amides is 1. The normalized spacial score (nSPS) is 46.3. The second-order valence-corrected chi connectivity index (χ2v) is 11.6. The van der Waals surface area contributed by atoms with Crippen molar-refractivity contribution in [2.24, 2.45) is 17.8 Å². The Morgan fingerprint density at radius 3 is 2.32 bits per heavy atom. The Hall–Kier alpha value is -0.810. The summed E-state index contributed by atoms with van der Waals surface area (Å²) in [7, 11) is 5.81. The number of rotatable bonds is 3. The van der Waals surface area contributed by atoms with Gasteiger partial charge in [-0.15, -0.1) is 0 Å². The first-order valence-electron chi connectivity index (χ1n) is 12.7. The summed E-state index contributed by atoms with van der Waals surface area (Å²) in [5.74, 6) is -1.40. The topological polar surface area (TPSA) is 115 Å². The van der Waals surface area contributed by atoms with E-state index < -0.39 is 42.0 Å². The van der Waals surface area contributed by atoms with Gasteiger partial charge in [0.1, 0.15) is 6.10 Å². The van der Waals surface area contributed by atoms with E-state index in [-0.39, 0.29) is 30.0 Å². The van der Waals surface area contributed by atoms with Gasteiger partial charge >= 0.3 is 0 Å². The Balaban J connectivity index is 2.39. The van der Waals surface area contributed by atoms with Gasteiger partial charge in [0.25, 0.3) is 0 Å². The van der Waals surface area contributed by atoms with Gasteiger partial charge in [-0.3, -0.25) is 4.79 Å². The summed E-state index contributed by atoms with van der Waals surface area (Å²) in [6, 6.07) is -0.231. The number of nitrogens with zero attached hydrogens (tertiary/aromatic N) is 2. The summed E-state index contributed by atoms with van der Waals surface area (Å²) >= 11 is 0. The van der Waals surface area contributed by atoms with Crippen LogP contribution in [0, 0.1) is 17.8 Å². The summed E-state index contributed by atoms with van der Waals surface area (Å²) in [6.07, 6.45) is -2.85. The van der Waals surface area contributed by atoms with Crippen LogP contribution >= 0.6 is 0 Å². The number of aliphatic hydroxyl groups excluding tert-OH is 2. The molecule has 34 heavy (non-hydrogen) atoms. The summed E-state index contributed by atoms with van der Waals surface area (Å²) in [5.41, 5.74) is -1.33. The molecule has 2 saturated heterocycles. The Morgan fingerprint density at radius 1 is 1.12 bits per heavy atom. The van der Waals surface area contributed by atoms with Gasteiger partial charge in [0.05, 0.1) is 29.8 Å². The van der Waals surface area contributed by atoms with E-state index in [0.717, 1.165) is 6.54 Å². The van der Waals surface area contributed by atoms with Crippen molar-refractivity contribution in [3.8, 4) is 0 Å². The predicted octanol–water partition coefficient (Wildman–Crippen LogP) is 0.658. The van der Waals surface area contributed by atoms with Crippen molar-refractivity contribution in [3.05, 3.63) is 0 Å². The lowest BCUT2D eigenvalue weighted by molar-refractivity contribution is -0.299. The van der Waals surface area contributed by atoms with Gasteiger partial charge in [0, 0.05) is 31.1 Å². The highest BCUT2D eigenvalue weighted by atomic mass is 16.7. The van der Waals surface area contributed by atoms with Gasteiger partial charge < -0.3 is 39.9 Å². The number of aliphatic hydroxyl groups is 3. The molecule has 2 aliphatic rings. The molecule has 0 aromatic carbocycles. The van der Waals surface area contributed by atoms with E-state index in [1.54, 1.807) is 20.8 Å². The van der Waals surface area contributed by atoms with Crippen LogP contribution in [0.1, 0.15) is 54.4 Å². The molecule has 1 amide bonds. The monoisotopic (exact) mass is 487 g/mol. The fourth-order valence-electron chi connectivity index (χ4n) is 5.81. The zero-order valence-electron chi connectivity index (χ0n) is 22.6. The lowest BCUT2D eigenvalue weighted by Gasteiger charge is -2.46. The van der Waals surface area contributed by atoms with Gasteiger partial charge in [-0.2, -0.15) is 0 Å².